The van der Waals surface area contributed by atoms with Gasteiger partial charge in [-0.25, -0.2) is 9.97 Å². The van der Waals surface area contributed by atoms with E-state index in [1.54, 1.807) is 6.33 Å². The van der Waals surface area contributed by atoms with E-state index >= 15 is 0 Å². The molecule has 0 saturated carbocycles. The van der Waals surface area contributed by atoms with Crippen LogP contribution in [0.5, 0.6) is 0 Å². The van der Waals surface area contributed by atoms with Gasteiger partial charge in [-0.05, 0) is 32.1 Å². The molecule has 1 atom stereocenters. The van der Waals surface area contributed by atoms with E-state index in [2.05, 4.69) is 20.2 Å². The molecule has 2 aliphatic heterocycles. The number of carbonyl (C=O) groups is 1. The number of aromatic nitrogens is 2. The van der Waals surface area contributed by atoms with Crippen LogP contribution >= 0.6 is 0 Å². The molecule has 0 radical (unpaired) electrons. The highest BCUT2D eigenvalue weighted by Gasteiger charge is 2.32. The molecule has 7 heteroatoms. The normalized spacial score (nSPS) is 23.4. The van der Waals surface area contributed by atoms with Crippen LogP contribution in [0, 0.1) is 0 Å². The third-order valence-electron chi connectivity index (χ3n) is 5.32. The summed E-state index contributed by atoms with van der Waals surface area (Å²) in [5.74, 6) is 2.08. The van der Waals surface area contributed by atoms with Crippen LogP contribution < -0.4 is 10.2 Å². The lowest BCUT2D eigenvalue weighted by Gasteiger charge is -2.37. The number of piperidine rings is 1. The van der Waals surface area contributed by atoms with Crippen molar-refractivity contribution in [2.75, 3.05) is 51.0 Å². The highest BCUT2D eigenvalue weighted by Crippen LogP contribution is 2.23. The molecule has 138 valence electrons. The number of anilines is 2. The lowest BCUT2D eigenvalue weighted by molar-refractivity contribution is -0.135. The van der Waals surface area contributed by atoms with Crippen LogP contribution in [0.15, 0.2) is 12.4 Å². The molecule has 3 heterocycles. The average Bonchev–Trinajstić information content (AvgIpc) is 2.78. The quantitative estimate of drug-likeness (QED) is 0.890. The molecule has 2 aliphatic rings. The first-order valence-corrected chi connectivity index (χ1v) is 9.29. The first kappa shape index (κ1) is 17.9. The summed E-state index contributed by atoms with van der Waals surface area (Å²) in [7, 11) is 5.89. The van der Waals surface area contributed by atoms with Crippen molar-refractivity contribution in [3.8, 4) is 0 Å². The van der Waals surface area contributed by atoms with Crippen molar-refractivity contribution < 1.29 is 4.79 Å². The van der Waals surface area contributed by atoms with Gasteiger partial charge in [-0.2, -0.15) is 0 Å². The van der Waals surface area contributed by atoms with E-state index < -0.39 is 0 Å². The highest BCUT2D eigenvalue weighted by molar-refractivity contribution is 5.81. The predicted octanol–water partition coefficient (Wildman–Crippen LogP) is 1.43. The van der Waals surface area contributed by atoms with Crippen molar-refractivity contribution >= 4 is 17.5 Å². The molecule has 0 aliphatic carbocycles. The minimum absolute atomic E-state index is 0.0767. The fraction of sp³-hybridized carbons (Fsp3) is 0.722. The first-order valence-electron chi connectivity index (χ1n) is 9.29. The molecule has 1 aromatic heterocycles. The smallest absolute Gasteiger partial charge is 0.239 e. The first-order chi connectivity index (χ1) is 12.0. The van der Waals surface area contributed by atoms with Crippen molar-refractivity contribution in [3.63, 3.8) is 0 Å². The number of hydrogen-bond acceptors (Lipinski definition) is 6. The van der Waals surface area contributed by atoms with Crippen molar-refractivity contribution in [2.45, 2.75) is 44.2 Å². The molecule has 1 N–H and O–H groups in total. The van der Waals surface area contributed by atoms with Gasteiger partial charge >= 0.3 is 0 Å². The summed E-state index contributed by atoms with van der Waals surface area (Å²) in [6.45, 7) is 2.83. The fourth-order valence-electron chi connectivity index (χ4n) is 3.75. The molecule has 7 nitrogen and oxygen atoms in total. The van der Waals surface area contributed by atoms with E-state index in [-0.39, 0.29) is 6.04 Å². The van der Waals surface area contributed by atoms with E-state index in [4.69, 9.17) is 0 Å². The van der Waals surface area contributed by atoms with Gasteiger partial charge in [-0.1, -0.05) is 0 Å². The summed E-state index contributed by atoms with van der Waals surface area (Å²) in [4.78, 5) is 27.4. The Morgan fingerprint density at radius 1 is 1.12 bits per heavy atom. The van der Waals surface area contributed by atoms with Gasteiger partial charge in [0.05, 0.1) is 6.04 Å². The minimum atomic E-state index is 0.0767. The summed E-state index contributed by atoms with van der Waals surface area (Å²) in [6.07, 6.45) is 6.95. The summed E-state index contributed by atoms with van der Waals surface area (Å²) >= 11 is 0. The molecule has 1 unspecified atom stereocenters. The van der Waals surface area contributed by atoms with Crippen molar-refractivity contribution in [2.24, 2.45) is 0 Å². The SMILES string of the molecule is CN1CCCCC(N2CCC(Nc3cc(N(C)C)ncn3)CC2)C1=O. The number of likely N-dealkylation sites (N-methyl/N-ethyl adjacent to an activating group) is 1. The van der Waals surface area contributed by atoms with Crippen LogP contribution in [0.3, 0.4) is 0 Å². The second-order valence-electron chi connectivity index (χ2n) is 7.38. The zero-order chi connectivity index (χ0) is 17.8. The molecular weight excluding hydrogens is 316 g/mol. The molecule has 0 spiro atoms. The summed E-state index contributed by atoms with van der Waals surface area (Å²) in [5.41, 5.74) is 0. The van der Waals surface area contributed by atoms with Gasteiger partial charge in [0.15, 0.2) is 0 Å². The van der Waals surface area contributed by atoms with Gasteiger partial charge in [-0.15, -0.1) is 0 Å². The third-order valence-corrected chi connectivity index (χ3v) is 5.32. The van der Waals surface area contributed by atoms with Crippen LogP contribution in [-0.2, 0) is 4.79 Å². The number of rotatable bonds is 4. The lowest BCUT2D eigenvalue weighted by Crippen LogP contribution is -2.50. The topological polar surface area (TPSA) is 64.6 Å². The van der Waals surface area contributed by atoms with Crippen molar-refractivity contribution in [3.05, 3.63) is 12.4 Å². The number of amides is 1. The van der Waals surface area contributed by atoms with Gasteiger partial charge in [0, 0.05) is 52.9 Å². The highest BCUT2D eigenvalue weighted by atomic mass is 16.2. The number of likely N-dealkylation sites (tertiary alicyclic amines) is 2. The molecule has 1 amide bonds. The van der Waals surface area contributed by atoms with Crippen molar-refractivity contribution in [1.29, 1.82) is 0 Å². The predicted molar refractivity (Wildman–Crippen MR) is 99.9 cm³/mol. The van der Waals surface area contributed by atoms with Gasteiger partial charge in [0.1, 0.15) is 18.0 Å². The van der Waals surface area contributed by atoms with Crippen LogP contribution in [-0.4, -0.2) is 78.5 Å². The Morgan fingerprint density at radius 3 is 2.60 bits per heavy atom. The summed E-state index contributed by atoms with van der Waals surface area (Å²) in [6, 6.07) is 2.46. The fourth-order valence-corrected chi connectivity index (χ4v) is 3.75. The molecule has 2 fully saturated rings. The second-order valence-corrected chi connectivity index (χ2v) is 7.38. The molecule has 25 heavy (non-hydrogen) atoms. The number of nitrogens with zero attached hydrogens (tertiary/aromatic N) is 5. The number of carbonyl (C=O) groups excluding carboxylic acids is 1. The van der Waals surface area contributed by atoms with E-state index in [0.717, 1.165) is 63.4 Å². The minimum Gasteiger partial charge on any atom is -0.367 e. The Bertz CT molecular complexity index is 585. The van der Waals surface area contributed by atoms with Crippen LogP contribution in [0.4, 0.5) is 11.6 Å². The molecule has 0 bridgehead atoms. The zero-order valence-corrected chi connectivity index (χ0v) is 15.6. The Hall–Kier alpha value is -1.89. The van der Waals surface area contributed by atoms with Crippen LogP contribution in [0.25, 0.3) is 0 Å². The Balaban J connectivity index is 1.55. The molecule has 3 rings (SSSR count). The van der Waals surface area contributed by atoms with E-state index in [1.807, 2.05) is 37.0 Å². The van der Waals surface area contributed by atoms with Crippen molar-refractivity contribution in [1.82, 2.24) is 19.8 Å². The Morgan fingerprint density at radius 2 is 1.88 bits per heavy atom. The largest absolute Gasteiger partial charge is 0.367 e. The van der Waals surface area contributed by atoms with Crippen LogP contribution in [0.1, 0.15) is 32.1 Å². The number of hydrogen-bond donors (Lipinski definition) is 1. The maximum atomic E-state index is 12.6. The average molecular weight is 346 g/mol. The number of nitrogens with one attached hydrogen (secondary N) is 1. The summed E-state index contributed by atoms with van der Waals surface area (Å²) in [5, 5.41) is 3.53. The molecule has 2 saturated heterocycles. The van der Waals surface area contributed by atoms with Gasteiger partial charge in [0.2, 0.25) is 5.91 Å². The maximum Gasteiger partial charge on any atom is 0.239 e. The van der Waals surface area contributed by atoms with E-state index in [1.165, 1.54) is 0 Å². The standard InChI is InChI=1S/C18H30N6O/c1-22(2)17-12-16(19-13-20-17)21-14-7-10-24(11-8-14)15-6-4-5-9-23(3)18(15)25/h12-15H,4-11H2,1-3H3,(H,19,20,21). The van der Waals surface area contributed by atoms with E-state index in [9.17, 15) is 4.79 Å². The third kappa shape index (κ3) is 4.39. The second kappa shape index (κ2) is 7.99. The van der Waals surface area contributed by atoms with Gasteiger partial charge in [0.25, 0.3) is 0 Å². The molecular formula is C18H30N6O. The maximum absolute atomic E-state index is 12.6. The van der Waals surface area contributed by atoms with Gasteiger partial charge in [-0.3, -0.25) is 9.69 Å². The Kier molecular flexibility index (Phi) is 5.73. The molecule has 0 aromatic carbocycles. The van der Waals surface area contributed by atoms with Gasteiger partial charge < -0.3 is 15.1 Å². The Labute approximate surface area is 150 Å². The monoisotopic (exact) mass is 346 g/mol. The zero-order valence-electron chi connectivity index (χ0n) is 15.6. The summed E-state index contributed by atoms with van der Waals surface area (Å²) < 4.78 is 0. The molecule has 1 aromatic rings. The van der Waals surface area contributed by atoms with E-state index in [0.29, 0.717) is 11.9 Å². The van der Waals surface area contributed by atoms with Crippen LogP contribution in [0.2, 0.25) is 0 Å². The lowest BCUT2D eigenvalue weighted by atomic mass is 10.0.